The second kappa shape index (κ2) is 10.9. The van der Waals surface area contributed by atoms with Gasteiger partial charge in [0.2, 0.25) is 5.91 Å². The summed E-state index contributed by atoms with van der Waals surface area (Å²) in [5.41, 5.74) is 2.15. The third-order valence-electron chi connectivity index (χ3n) is 3.65. The molecule has 25 heavy (non-hydrogen) atoms. The van der Waals surface area contributed by atoms with Gasteiger partial charge in [0.25, 0.3) is 0 Å². The monoisotopic (exact) mass is 455 g/mol. The van der Waals surface area contributed by atoms with Crippen molar-refractivity contribution in [2.75, 3.05) is 20.1 Å². The van der Waals surface area contributed by atoms with Crippen molar-refractivity contribution in [3.05, 3.63) is 42.1 Å². The lowest BCUT2D eigenvalue weighted by Gasteiger charge is -2.14. The molecule has 1 heterocycles. The van der Waals surface area contributed by atoms with Crippen molar-refractivity contribution in [3.63, 3.8) is 0 Å². The van der Waals surface area contributed by atoms with Crippen LogP contribution in [0.25, 0.3) is 10.9 Å². The van der Waals surface area contributed by atoms with Crippen molar-refractivity contribution < 1.29 is 4.79 Å². The smallest absolute Gasteiger partial charge is 0.222 e. The van der Waals surface area contributed by atoms with E-state index < -0.39 is 0 Å². The average molecular weight is 455 g/mol. The molecule has 0 aliphatic rings. The van der Waals surface area contributed by atoms with Crippen LogP contribution >= 0.6 is 24.0 Å². The number of halogens is 1. The number of fused-ring (bicyclic) bond motifs is 1. The molecule has 0 radical (unpaired) electrons. The molecule has 0 saturated heterocycles. The summed E-state index contributed by atoms with van der Waals surface area (Å²) in [6.07, 6.45) is 1.82. The van der Waals surface area contributed by atoms with E-state index >= 15 is 0 Å². The lowest BCUT2D eigenvalue weighted by atomic mass is 10.1. The summed E-state index contributed by atoms with van der Waals surface area (Å²) in [5, 5.41) is 10.5. The number of carbonyl (C=O) groups is 1. The van der Waals surface area contributed by atoms with Crippen LogP contribution in [0.4, 0.5) is 0 Å². The normalized spacial score (nSPS) is 11.1. The Labute approximate surface area is 165 Å². The van der Waals surface area contributed by atoms with Crippen molar-refractivity contribution in [3.8, 4) is 0 Å². The Morgan fingerprint density at radius 1 is 1.12 bits per heavy atom. The molecule has 0 aliphatic carbocycles. The van der Waals surface area contributed by atoms with Crippen LogP contribution in [0.15, 0.2) is 41.5 Å². The first kappa shape index (κ1) is 21.1. The van der Waals surface area contributed by atoms with E-state index in [4.69, 9.17) is 0 Å². The molecule has 6 nitrogen and oxygen atoms in total. The minimum Gasteiger partial charge on any atom is -0.355 e. The van der Waals surface area contributed by atoms with Crippen LogP contribution in [0.5, 0.6) is 0 Å². The number of aliphatic imine (C=N–C) groups is 1. The number of pyridine rings is 1. The van der Waals surface area contributed by atoms with Gasteiger partial charge in [-0.1, -0.05) is 32.0 Å². The quantitative estimate of drug-likeness (QED) is 0.270. The van der Waals surface area contributed by atoms with Crippen molar-refractivity contribution in [2.24, 2.45) is 10.9 Å². The SMILES string of the molecule is CN=C(NCCNC(=O)C(C)C)NCc1ccnc2ccccc12.I. The Hall–Kier alpha value is -1.90. The number of nitrogens with one attached hydrogen (secondary N) is 3. The van der Waals surface area contributed by atoms with Gasteiger partial charge in [-0.2, -0.15) is 0 Å². The Balaban J connectivity index is 0.00000312. The molecule has 3 N–H and O–H groups in total. The summed E-state index contributed by atoms with van der Waals surface area (Å²) in [7, 11) is 1.73. The molecule has 1 amide bonds. The van der Waals surface area contributed by atoms with E-state index in [1.54, 1.807) is 7.05 Å². The maximum absolute atomic E-state index is 11.5. The Morgan fingerprint density at radius 3 is 2.56 bits per heavy atom. The van der Waals surface area contributed by atoms with Crippen LogP contribution in [0.2, 0.25) is 0 Å². The van der Waals surface area contributed by atoms with E-state index in [2.05, 4.69) is 32.0 Å². The van der Waals surface area contributed by atoms with Crippen LogP contribution in [-0.4, -0.2) is 37.0 Å². The summed E-state index contributed by atoms with van der Waals surface area (Å²) in [5.74, 6) is 0.764. The van der Waals surface area contributed by atoms with Crippen LogP contribution < -0.4 is 16.0 Å². The van der Waals surface area contributed by atoms with Gasteiger partial charge >= 0.3 is 0 Å². The van der Waals surface area contributed by atoms with Crippen molar-refractivity contribution in [1.29, 1.82) is 0 Å². The summed E-state index contributed by atoms with van der Waals surface area (Å²) < 4.78 is 0. The van der Waals surface area contributed by atoms with Crippen LogP contribution in [0.1, 0.15) is 19.4 Å². The Kier molecular flexibility index (Phi) is 9.18. The number of benzene rings is 1. The maximum atomic E-state index is 11.5. The number of amides is 1. The first-order valence-electron chi connectivity index (χ1n) is 8.16. The highest BCUT2D eigenvalue weighted by Crippen LogP contribution is 2.15. The summed E-state index contributed by atoms with van der Waals surface area (Å²) in [6, 6.07) is 10.1. The van der Waals surface area contributed by atoms with E-state index in [1.165, 1.54) is 0 Å². The van der Waals surface area contributed by atoms with Crippen LogP contribution in [0.3, 0.4) is 0 Å². The van der Waals surface area contributed by atoms with Gasteiger partial charge < -0.3 is 16.0 Å². The highest BCUT2D eigenvalue weighted by molar-refractivity contribution is 14.0. The van der Waals surface area contributed by atoms with Gasteiger partial charge in [-0.3, -0.25) is 14.8 Å². The number of guanidine groups is 1. The second-order valence-corrected chi connectivity index (χ2v) is 5.79. The fourth-order valence-corrected chi connectivity index (χ4v) is 2.28. The minimum absolute atomic E-state index is 0. The molecule has 1 aromatic heterocycles. The summed E-state index contributed by atoms with van der Waals surface area (Å²) in [6.45, 7) is 5.59. The third kappa shape index (κ3) is 6.49. The summed E-state index contributed by atoms with van der Waals surface area (Å²) >= 11 is 0. The lowest BCUT2D eigenvalue weighted by Crippen LogP contribution is -2.41. The second-order valence-electron chi connectivity index (χ2n) is 5.79. The summed E-state index contributed by atoms with van der Waals surface area (Å²) in [4.78, 5) is 20.1. The molecular weight excluding hydrogens is 429 g/mol. The molecule has 0 bridgehead atoms. The number of nitrogens with zero attached hydrogens (tertiary/aromatic N) is 2. The number of hydrogen-bond donors (Lipinski definition) is 3. The molecule has 0 spiro atoms. The fourth-order valence-electron chi connectivity index (χ4n) is 2.28. The van der Waals surface area contributed by atoms with Crippen LogP contribution in [-0.2, 0) is 11.3 Å². The molecule has 0 aliphatic heterocycles. The van der Waals surface area contributed by atoms with Crippen molar-refractivity contribution >= 4 is 46.7 Å². The van der Waals surface area contributed by atoms with Crippen LogP contribution in [0, 0.1) is 5.92 Å². The Morgan fingerprint density at radius 2 is 1.84 bits per heavy atom. The van der Waals surface area contributed by atoms with E-state index in [-0.39, 0.29) is 35.8 Å². The first-order valence-corrected chi connectivity index (χ1v) is 8.16. The number of para-hydroxylation sites is 1. The Bertz CT molecular complexity index is 712. The predicted octanol–water partition coefficient (Wildman–Crippen LogP) is 2.29. The fraction of sp³-hybridized carbons (Fsp3) is 0.389. The molecule has 0 unspecified atom stereocenters. The largest absolute Gasteiger partial charge is 0.355 e. The molecule has 0 fully saturated rings. The van der Waals surface area contributed by atoms with Gasteiger partial charge in [0, 0.05) is 44.2 Å². The molecule has 7 heteroatoms. The molecule has 1 aromatic carbocycles. The zero-order valence-electron chi connectivity index (χ0n) is 14.9. The van der Waals surface area contributed by atoms with E-state index in [0.29, 0.717) is 25.6 Å². The van der Waals surface area contributed by atoms with E-state index in [9.17, 15) is 4.79 Å². The van der Waals surface area contributed by atoms with E-state index in [0.717, 1.165) is 16.5 Å². The minimum atomic E-state index is 0. The van der Waals surface area contributed by atoms with Gasteiger partial charge in [-0.25, -0.2) is 0 Å². The third-order valence-corrected chi connectivity index (χ3v) is 3.65. The topological polar surface area (TPSA) is 78.4 Å². The average Bonchev–Trinajstić information content (AvgIpc) is 2.60. The lowest BCUT2D eigenvalue weighted by molar-refractivity contribution is -0.123. The van der Waals surface area contributed by atoms with Gasteiger partial charge in [-0.05, 0) is 17.7 Å². The van der Waals surface area contributed by atoms with Crippen molar-refractivity contribution in [1.82, 2.24) is 20.9 Å². The highest BCUT2D eigenvalue weighted by Gasteiger charge is 2.06. The van der Waals surface area contributed by atoms with Crippen molar-refractivity contribution in [2.45, 2.75) is 20.4 Å². The molecule has 136 valence electrons. The highest BCUT2D eigenvalue weighted by atomic mass is 127. The number of rotatable bonds is 6. The number of carbonyl (C=O) groups excluding carboxylic acids is 1. The molecule has 0 saturated carbocycles. The molecule has 2 rings (SSSR count). The number of hydrogen-bond acceptors (Lipinski definition) is 3. The van der Waals surface area contributed by atoms with Gasteiger partial charge in [0.1, 0.15) is 0 Å². The maximum Gasteiger partial charge on any atom is 0.222 e. The van der Waals surface area contributed by atoms with Gasteiger partial charge in [-0.15, -0.1) is 24.0 Å². The van der Waals surface area contributed by atoms with E-state index in [1.807, 2.05) is 44.3 Å². The molecular formula is C18H26IN5O. The van der Waals surface area contributed by atoms with Gasteiger partial charge in [0.15, 0.2) is 5.96 Å². The first-order chi connectivity index (χ1) is 11.6. The zero-order chi connectivity index (χ0) is 17.4. The zero-order valence-corrected chi connectivity index (χ0v) is 17.2. The number of aromatic nitrogens is 1. The van der Waals surface area contributed by atoms with Gasteiger partial charge in [0.05, 0.1) is 5.52 Å². The standard InChI is InChI=1S/C18H25N5O.HI/c1-13(2)17(24)21-10-11-22-18(19-3)23-12-14-8-9-20-16-7-5-4-6-15(14)16;/h4-9,13H,10-12H2,1-3H3,(H,21,24)(H2,19,22,23);1H. The molecule has 2 aromatic rings. The molecule has 0 atom stereocenters. The predicted molar refractivity (Wildman–Crippen MR) is 113 cm³/mol.